The number of carbonyl (C=O) groups excluding carboxylic acids is 1. The molecule has 0 unspecified atom stereocenters. The van der Waals surface area contributed by atoms with Gasteiger partial charge in [-0.25, -0.2) is 15.0 Å². The molecule has 0 bridgehead atoms. The van der Waals surface area contributed by atoms with Crippen molar-refractivity contribution in [3.63, 3.8) is 0 Å². The van der Waals surface area contributed by atoms with E-state index in [1.165, 1.54) is 17.7 Å². The molecule has 0 amide bonds. The van der Waals surface area contributed by atoms with Crippen molar-refractivity contribution in [2.24, 2.45) is 0 Å². The van der Waals surface area contributed by atoms with Crippen molar-refractivity contribution < 1.29 is 4.79 Å². The Morgan fingerprint density at radius 2 is 2.25 bits per heavy atom. The largest absolute Gasteiger partial charge is 0.293 e. The number of aromatic nitrogens is 4. The van der Waals surface area contributed by atoms with Crippen molar-refractivity contribution in [3.8, 4) is 5.00 Å². The smallest absolute Gasteiger partial charge is 0.172 e. The first kappa shape index (κ1) is 12.9. The van der Waals surface area contributed by atoms with Gasteiger partial charge in [0.2, 0.25) is 0 Å². The van der Waals surface area contributed by atoms with Crippen LogP contribution in [0.2, 0.25) is 0 Å². The van der Waals surface area contributed by atoms with Gasteiger partial charge >= 0.3 is 0 Å². The maximum absolute atomic E-state index is 12.0. The third-order valence-corrected chi connectivity index (χ3v) is 4.20. The zero-order valence-corrected chi connectivity index (χ0v) is 11.9. The molecule has 0 atom stereocenters. The quantitative estimate of drug-likeness (QED) is 0.675. The number of fused-ring (bicyclic) bond motifs is 1. The van der Waals surface area contributed by atoms with Crippen LogP contribution in [-0.2, 0) is 0 Å². The van der Waals surface area contributed by atoms with E-state index in [9.17, 15) is 4.79 Å². The van der Waals surface area contributed by atoms with E-state index in [0.29, 0.717) is 6.42 Å². The molecule has 3 aromatic rings. The Balaban J connectivity index is 1.92. The number of rotatable bonds is 5. The van der Waals surface area contributed by atoms with Crippen LogP contribution in [-0.4, -0.2) is 25.3 Å². The van der Waals surface area contributed by atoms with Gasteiger partial charge in [0.05, 0.1) is 11.1 Å². The summed E-state index contributed by atoms with van der Waals surface area (Å²) in [4.78, 5) is 25.2. The van der Waals surface area contributed by atoms with Crippen LogP contribution in [0.3, 0.4) is 0 Å². The van der Waals surface area contributed by atoms with Crippen molar-refractivity contribution in [1.82, 2.24) is 19.5 Å². The Morgan fingerprint density at radius 1 is 1.35 bits per heavy atom. The number of unbranched alkanes of at least 4 members (excludes halogenated alkanes) is 1. The average Bonchev–Trinajstić information content (AvgIpc) is 3.10. The molecule has 20 heavy (non-hydrogen) atoms. The first-order valence-corrected chi connectivity index (χ1v) is 7.37. The van der Waals surface area contributed by atoms with E-state index in [-0.39, 0.29) is 5.78 Å². The van der Waals surface area contributed by atoms with Crippen molar-refractivity contribution in [2.75, 3.05) is 0 Å². The van der Waals surface area contributed by atoms with E-state index in [1.807, 2.05) is 16.7 Å². The summed E-state index contributed by atoms with van der Waals surface area (Å²) in [6.07, 6.45) is 7.48. The van der Waals surface area contributed by atoms with E-state index < -0.39 is 0 Å². The lowest BCUT2D eigenvalue weighted by Gasteiger charge is -1.98. The minimum atomic E-state index is 0.210. The monoisotopic (exact) mass is 286 g/mol. The predicted molar refractivity (Wildman–Crippen MR) is 78.4 cm³/mol. The Labute approximate surface area is 120 Å². The number of hydrogen-bond acceptors (Lipinski definition) is 5. The molecular formula is C14H14N4OS. The summed E-state index contributed by atoms with van der Waals surface area (Å²) >= 11 is 1.48. The zero-order chi connectivity index (χ0) is 13.9. The van der Waals surface area contributed by atoms with Gasteiger partial charge in [-0.3, -0.25) is 9.36 Å². The third-order valence-electron chi connectivity index (χ3n) is 3.07. The molecule has 0 saturated heterocycles. The van der Waals surface area contributed by atoms with Crippen LogP contribution in [0.5, 0.6) is 0 Å². The molecule has 0 aromatic carbocycles. The normalized spacial score (nSPS) is 11.1. The van der Waals surface area contributed by atoms with E-state index >= 15 is 0 Å². The predicted octanol–water partition coefficient (Wildman–Crippen LogP) is 3.25. The summed E-state index contributed by atoms with van der Waals surface area (Å²) in [5, 5.41) is 0.950. The molecule has 0 aliphatic rings. The highest BCUT2D eigenvalue weighted by atomic mass is 32.1. The van der Waals surface area contributed by atoms with Gasteiger partial charge in [-0.15, -0.1) is 11.3 Å². The number of hydrogen-bond donors (Lipinski definition) is 0. The number of thiophene rings is 1. The summed E-state index contributed by atoms with van der Waals surface area (Å²) in [7, 11) is 0. The van der Waals surface area contributed by atoms with Crippen LogP contribution in [0.15, 0.2) is 31.0 Å². The molecule has 5 nitrogen and oxygen atoms in total. The minimum absolute atomic E-state index is 0.210. The van der Waals surface area contributed by atoms with Crippen LogP contribution in [0.25, 0.3) is 16.2 Å². The van der Waals surface area contributed by atoms with Crippen molar-refractivity contribution in [3.05, 3.63) is 35.9 Å². The minimum Gasteiger partial charge on any atom is -0.293 e. The zero-order valence-electron chi connectivity index (χ0n) is 11.1. The van der Waals surface area contributed by atoms with Crippen LogP contribution >= 0.6 is 11.3 Å². The molecule has 6 heteroatoms. The fourth-order valence-electron chi connectivity index (χ4n) is 2.00. The van der Waals surface area contributed by atoms with Crippen molar-refractivity contribution in [1.29, 1.82) is 0 Å². The Kier molecular flexibility index (Phi) is 3.56. The van der Waals surface area contributed by atoms with E-state index in [4.69, 9.17) is 0 Å². The molecular weight excluding hydrogens is 272 g/mol. The summed E-state index contributed by atoms with van der Waals surface area (Å²) < 4.78 is 1.89. The molecule has 0 N–H and O–H groups in total. The molecule has 0 radical (unpaired) electrons. The summed E-state index contributed by atoms with van der Waals surface area (Å²) in [6.45, 7) is 2.09. The number of nitrogens with zero attached hydrogens (tertiary/aromatic N) is 4. The maximum Gasteiger partial charge on any atom is 0.172 e. The lowest BCUT2D eigenvalue weighted by Crippen LogP contribution is -1.94. The van der Waals surface area contributed by atoms with Gasteiger partial charge in [0, 0.05) is 6.42 Å². The maximum atomic E-state index is 12.0. The second-order valence-corrected chi connectivity index (χ2v) is 5.57. The first-order valence-electron chi connectivity index (χ1n) is 6.56. The van der Waals surface area contributed by atoms with Gasteiger partial charge < -0.3 is 0 Å². The lowest BCUT2D eigenvalue weighted by molar-refractivity contribution is 0.0983. The van der Waals surface area contributed by atoms with Gasteiger partial charge in [0.1, 0.15) is 23.2 Å². The highest BCUT2D eigenvalue weighted by Gasteiger charge is 2.12. The van der Waals surface area contributed by atoms with E-state index in [1.54, 1.807) is 12.5 Å². The molecule has 102 valence electrons. The third kappa shape index (κ3) is 2.34. The molecule has 3 rings (SSSR count). The Hall–Kier alpha value is -2.08. The van der Waals surface area contributed by atoms with Crippen LogP contribution in [0.4, 0.5) is 0 Å². The number of carbonyl (C=O) groups is 1. The van der Waals surface area contributed by atoms with Gasteiger partial charge in [0.25, 0.3) is 0 Å². The first-order chi connectivity index (χ1) is 9.79. The Bertz CT molecular complexity index is 746. The van der Waals surface area contributed by atoms with E-state index in [0.717, 1.165) is 33.9 Å². The van der Waals surface area contributed by atoms with Crippen molar-refractivity contribution >= 4 is 28.3 Å². The summed E-state index contributed by atoms with van der Waals surface area (Å²) in [6, 6.07) is 3.82. The van der Waals surface area contributed by atoms with Crippen molar-refractivity contribution in [2.45, 2.75) is 26.2 Å². The standard InChI is InChI=1S/C14H14N4OS/c1-2-3-4-11(19)12-5-6-13(20-12)18-9-17-10-7-15-8-16-14(10)18/h5-9H,2-4H2,1H3. The fourth-order valence-corrected chi connectivity index (χ4v) is 2.94. The summed E-state index contributed by atoms with van der Waals surface area (Å²) in [5.41, 5.74) is 1.51. The van der Waals surface area contributed by atoms with Crippen LogP contribution < -0.4 is 0 Å². The topological polar surface area (TPSA) is 60.7 Å². The molecule has 0 saturated carbocycles. The molecule has 0 aliphatic heterocycles. The second kappa shape index (κ2) is 5.50. The van der Waals surface area contributed by atoms with Gasteiger partial charge in [-0.05, 0) is 18.6 Å². The number of imidazole rings is 1. The number of ketones is 1. The molecule has 3 aromatic heterocycles. The van der Waals surface area contributed by atoms with Crippen LogP contribution in [0.1, 0.15) is 35.9 Å². The van der Waals surface area contributed by atoms with Gasteiger partial charge in [-0.2, -0.15) is 0 Å². The fraction of sp³-hybridized carbons (Fsp3) is 0.286. The highest BCUT2D eigenvalue weighted by Crippen LogP contribution is 2.25. The van der Waals surface area contributed by atoms with Crippen LogP contribution in [0, 0.1) is 0 Å². The SMILES string of the molecule is CCCCC(=O)c1ccc(-n2cnc3cncnc32)s1. The number of Topliss-reactive ketones (excluding diaryl/α,β-unsaturated/α-hetero) is 1. The lowest BCUT2D eigenvalue weighted by atomic mass is 10.1. The average molecular weight is 286 g/mol. The molecule has 0 fully saturated rings. The molecule has 0 spiro atoms. The molecule has 3 heterocycles. The molecule has 0 aliphatic carbocycles. The Morgan fingerprint density at radius 3 is 3.10 bits per heavy atom. The summed E-state index contributed by atoms with van der Waals surface area (Å²) in [5.74, 6) is 0.210. The second-order valence-electron chi connectivity index (χ2n) is 4.51. The van der Waals surface area contributed by atoms with Gasteiger partial charge in [0.15, 0.2) is 11.4 Å². The van der Waals surface area contributed by atoms with E-state index in [2.05, 4.69) is 21.9 Å². The highest BCUT2D eigenvalue weighted by molar-refractivity contribution is 7.16. The van der Waals surface area contributed by atoms with Gasteiger partial charge in [-0.1, -0.05) is 13.3 Å².